The Morgan fingerprint density at radius 1 is 1.39 bits per heavy atom. The third kappa shape index (κ3) is 8.44. The monoisotopic (exact) mass is 442 g/mol. The first-order valence-corrected chi connectivity index (χ1v) is 6.57. The fraction of sp³-hybridized carbons (Fsp3) is 0.462. The van der Waals surface area contributed by atoms with Crippen LogP contribution in [0.3, 0.4) is 0 Å². The molecule has 0 saturated heterocycles. The fourth-order valence-electron chi connectivity index (χ4n) is 1.41. The van der Waals surface area contributed by atoms with Crippen LogP contribution in [0.4, 0.5) is 19.1 Å². The van der Waals surface area contributed by atoms with Crippen molar-refractivity contribution in [2.75, 3.05) is 31.5 Å². The molecule has 0 bridgehead atoms. The molecule has 1 heterocycles. The van der Waals surface area contributed by atoms with E-state index in [-0.39, 0.29) is 36.5 Å². The van der Waals surface area contributed by atoms with Gasteiger partial charge < -0.3 is 16.0 Å². The van der Waals surface area contributed by atoms with Gasteiger partial charge in [0.15, 0.2) is 5.96 Å². The maximum atomic E-state index is 12.5. The van der Waals surface area contributed by atoms with Crippen LogP contribution in [0.2, 0.25) is 0 Å². The van der Waals surface area contributed by atoms with Crippen LogP contribution >= 0.6 is 24.0 Å². The molecule has 3 N–H and O–H groups in total. The van der Waals surface area contributed by atoms with Gasteiger partial charge in [0.2, 0.25) is 5.95 Å². The number of aliphatic imine (C=N–C) groups is 1. The molecule has 23 heavy (non-hydrogen) atoms. The summed E-state index contributed by atoms with van der Waals surface area (Å²) in [4.78, 5) is 11.3. The summed E-state index contributed by atoms with van der Waals surface area (Å²) < 4.78 is 37.5. The summed E-state index contributed by atoms with van der Waals surface area (Å²) >= 11 is 0. The first-order valence-electron chi connectivity index (χ1n) is 6.57. The van der Waals surface area contributed by atoms with Crippen LogP contribution in [-0.2, 0) is 6.18 Å². The van der Waals surface area contributed by atoms with Crippen molar-refractivity contribution in [1.82, 2.24) is 20.6 Å². The lowest BCUT2D eigenvalue weighted by molar-refractivity contribution is -0.141. The van der Waals surface area contributed by atoms with E-state index >= 15 is 0 Å². The number of halogens is 4. The van der Waals surface area contributed by atoms with Crippen LogP contribution in [0.15, 0.2) is 17.3 Å². The molecule has 0 aliphatic carbocycles. The highest BCUT2D eigenvalue weighted by molar-refractivity contribution is 14.0. The minimum atomic E-state index is -4.49. The quantitative estimate of drug-likeness (QED) is 0.206. The van der Waals surface area contributed by atoms with Crippen molar-refractivity contribution in [3.05, 3.63) is 18.0 Å². The molecule has 1 aromatic rings. The SMILES string of the molecule is C#CCNC(=NCCNc1nccc(C(F)(F)F)n1)NCC.I. The topological polar surface area (TPSA) is 74.2 Å². The zero-order valence-electron chi connectivity index (χ0n) is 12.4. The number of rotatable bonds is 6. The van der Waals surface area contributed by atoms with Gasteiger partial charge in [0.25, 0.3) is 0 Å². The van der Waals surface area contributed by atoms with Gasteiger partial charge in [0, 0.05) is 19.3 Å². The van der Waals surface area contributed by atoms with Crippen LogP contribution in [0.25, 0.3) is 0 Å². The fourth-order valence-corrected chi connectivity index (χ4v) is 1.41. The highest BCUT2D eigenvalue weighted by Crippen LogP contribution is 2.27. The van der Waals surface area contributed by atoms with Gasteiger partial charge in [-0.3, -0.25) is 4.99 Å². The van der Waals surface area contributed by atoms with Crippen molar-refractivity contribution in [2.45, 2.75) is 13.1 Å². The molecule has 0 aromatic carbocycles. The summed E-state index contributed by atoms with van der Waals surface area (Å²) in [6.07, 6.45) is 1.70. The predicted molar refractivity (Wildman–Crippen MR) is 93.8 cm³/mol. The smallest absolute Gasteiger partial charge is 0.357 e. The molecule has 0 amide bonds. The molecule has 0 aliphatic rings. The molecule has 0 fully saturated rings. The van der Waals surface area contributed by atoms with E-state index in [1.165, 1.54) is 0 Å². The third-order valence-electron chi connectivity index (χ3n) is 2.31. The molecule has 0 unspecified atom stereocenters. The van der Waals surface area contributed by atoms with Crippen molar-refractivity contribution in [3.63, 3.8) is 0 Å². The summed E-state index contributed by atoms with van der Waals surface area (Å²) in [5, 5.41) is 8.56. The maximum absolute atomic E-state index is 12.5. The van der Waals surface area contributed by atoms with Gasteiger partial charge >= 0.3 is 6.18 Å². The summed E-state index contributed by atoms with van der Waals surface area (Å²) in [6, 6.07) is 0.816. The van der Waals surface area contributed by atoms with Crippen molar-refractivity contribution in [3.8, 4) is 12.3 Å². The van der Waals surface area contributed by atoms with E-state index in [1.54, 1.807) is 0 Å². The number of aromatic nitrogens is 2. The Morgan fingerprint density at radius 2 is 2.13 bits per heavy atom. The van der Waals surface area contributed by atoms with Gasteiger partial charge in [-0.05, 0) is 13.0 Å². The van der Waals surface area contributed by atoms with Gasteiger partial charge in [-0.15, -0.1) is 30.4 Å². The summed E-state index contributed by atoms with van der Waals surface area (Å²) in [5.41, 5.74) is -0.988. The molecular weight excluding hydrogens is 424 g/mol. The number of alkyl halides is 3. The van der Waals surface area contributed by atoms with Crippen LogP contribution in [0.5, 0.6) is 0 Å². The number of nitrogens with zero attached hydrogens (tertiary/aromatic N) is 3. The van der Waals surface area contributed by atoms with E-state index in [9.17, 15) is 13.2 Å². The average Bonchev–Trinajstić information content (AvgIpc) is 2.48. The lowest BCUT2D eigenvalue weighted by Gasteiger charge is -2.10. The molecule has 0 atom stereocenters. The lowest BCUT2D eigenvalue weighted by atomic mass is 10.4. The molecule has 0 aliphatic heterocycles. The minimum absolute atomic E-state index is 0. The molecule has 0 radical (unpaired) electrons. The number of hydrogen-bond acceptors (Lipinski definition) is 4. The number of terminal acetylenes is 1. The Hall–Kier alpha value is -1.77. The Balaban J connectivity index is 0.00000484. The molecule has 0 saturated carbocycles. The normalized spacial score (nSPS) is 11.2. The van der Waals surface area contributed by atoms with Crippen LogP contribution in [0.1, 0.15) is 12.6 Å². The Morgan fingerprint density at radius 3 is 2.74 bits per heavy atom. The van der Waals surface area contributed by atoms with E-state index in [1.807, 2.05) is 6.92 Å². The Labute approximate surface area is 149 Å². The maximum Gasteiger partial charge on any atom is 0.433 e. The second-order valence-corrected chi connectivity index (χ2v) is 4.01. The summed E-state index contributed by atoms with van der Waals surface area (Å²) in [6.45, 7) is 3.51. The summed E-state index contributed by atoms with van der Waals surface area (Å²) in [5.74, 6) is 2.86. The largest absolute Gasteiger partial charge is 0.433 e. The van der Waals surface area contributed by atoms with E-state index in [2.05, 4.69) is 36.8 Å². The second-order valence-electron chi connectivity index (χ2n) is 4.01. The molecule has 6 nitrogen and oxygen atoms in total. The van der Waals surface area contributed by atoms with Crippen molar-refractivity contribution < 1.29 is 13.2 Å². The van der Waals surface area contributed by atoms with Gasteiger partial charge in [-0.2, -0.15) is 13.2 Å². The van der Waals surface area contributed by atoms with Crippen LogP contribution in [-0.4, -0.2) is 42.1 Å². The van der Waals surface area contributed by atoms with Crippen molar-refractivity contribution in [1.29, 1.82) is 0 Å². The lowest BCUT2D eigenvalue weighted by Crippen LogP contribution is -2.37. The third-order valence-corrected chi connectivity index (χ3v) is 2.31. The van der Waals surface area contributed by atoms with E-state index < -0.39 is 11.9 Å². The van der Waals surface area contributed by atoms with Crippen LogP contribution in [0, 0.1) is 12.3 Å². The first-order chi connectivity index (χ1) is 10.5. The van der Waals surface area contributed by atoms with Crippen LogP contribution < -0.4 is 16.0 Å². The number of nitrogens with one attached hydrogen (secondary N) is 3. The Kier molecular flexibility index (Phi) is 10.0. The van der Waals surface area contributed by atoms with E-state index in [0.29, 0.717) is 25.6 Å². The van der Waals surface area contributed by atoms with Gasteiger partial charge in [-0.25, -0.2) is 9.97 Å². The molecule has 128 valence electrons. The molecule has 1 rings (SSSR count). The summed E-state index contributed by atoms with van der Waals surface area (Å²) in [7, 11) is 0. The molecule has 0 spiro atoms. The highest BCUT2D eigenvalue weighted by Gasteiger charge is 2.32. The van der Waals surface area contributed by atoms with Crippen molar-refractivity contribution in [2.24, 2.45) is 4.99 Å². The Bertz CT molecular complexity index is 541. The molecule has 1 aromatic heterocycles. The average molecular weight is 442 g/mol. The van der Waals surface area contributed by atoms with Gasteiger partial charge in [0.1, 0.15) is 5.69 Å². The van der Waals surface area contributed by atoms with E-state index in [0.717, 1.165) is 12.3 Å². The predicted octanol–water partition coefficient (Wildman–Crippen LogP) is 1.71. The number of guanidine groups is 1. The zero-order valence-corrected chi connectivity index (χ0v) is 14.8. The highest BCUT2D eigenvalue weighted by atomic mass is 127. The number of hydrogen-bond donors (Lipinski definition) is 3. The second kappa shape index (κ2) is 10.9. The molecular formula is C13H18F3IN6. The van der Waals surface area contributed by atoms with Crippen molar-refractivity contribution >= 4 is 35.9 Å². The first kappa shape index (κ1) is 21.2. The van der Waals surface area contributed by atoms with Gasteiger partial charge in [-0.1, -0.05) is 5.92 Å². The van der Waals surface area contributed by atoms with E-state index in [4.69, 9.17) is 6.42 Å². The standard InChI is InChI=1S/C13H17F3N6.HI/c1-3-6-18-11(17-4-2)20-8-9-21-12-19-7-5-10(22-12)13(14,15)16;/h1,5,7H,4,6,8-9H2,2H3,(H2,17,18,20)(H,19,21,22);1H. The van der Waals surface area contributed by atoms with Gasteiger partial charge in [0.05, 0.1) is 13.1 Å². The minimum Gasteiger partial charge on any atom is -0.357 e. The zero-order chi connectivity index (χ0) is 16.4. The number of anilines is 1. The molecule has 10 heteroatoms.